The summed E-state index contributed by atoms with van der Waals surface area (Å²) in [7, 11) is 1.81. The van der Waals surface area contributed by atoms with Gasteiger partial charge in [-0.3, -0.25) is 9.59 Å². The minimum absolute atomic E-state index is 0.0760. The number of amides is 2. The van der Waals surface area contributed by atoms with E-state index in [2.05, 4.69) is 19.2 Å². The van der Waals surface area contributed by atoms with E-state index in [4.69, 9.17) is 0 Å². The Kier molecular flexibility index (Phi) is 6.56. The average Bonchev–Trinajstić information content (AvgIpc) is 2.89. The zero-order valence-corrected chi connectivity index (χ0v) is 12.6. The Balaban J connectivity index is 2.21. The van der Waals surface area contributed by atoms with Gasteiger partial charge >= 0.3 is 0 Å². The molecule has 0 aliphatic carbocycles. The molecule has 2 amide bonds. The maximum absolute atomic E-state index is 11.8. The summed E-state index contributed by atoms with van der Waals surface area (Å²) in [4.78, 5) is 25.9. The fraction of sp³-hybridized carbons (Fsp3) is 0.571. The van der Waals surface area contributed by atoms with Crippen molar-refractivity contribution in [3.05, 3.63) is 22.4 Å². The van der Waals surface area contributed by atoms with Crippen molar-refractivity contribution < 1.29 is 9.59 Å². The number of carbonyl (C=O) groups is 2. The number of carbonyl (C=O) groups excluding carboxylic acids is 2. The third-order valence-electron chi connectivity index (χ3n) is 2.84. The van der Waals surface area contributed by atoms with Gasteiger partial charge in [0.05, 0.1) is 4.88 Å². The topological polar surface area (TPSA) is 49.4 Å². The first kappa shape index (κ1) is 15.7. The van der Waals surface area contributed by atoms with Crippen LogP contribution in [0, 0.1) is 5.92 Å². The van der Waals surface area contributed by atoms with E-state index in [-0.39, 0.29) is 11.8 Å². The van der Waals surface area contributed by atoms with E-state index in [1.165, 1.54) is 11.3 Å². The Morgan fingerprint density at radius 1 is 1.42 bits per heavy atom. The van der Waals surface area contributed by atoms with Crippen LogP contribution >= 0.6 is 11.3 Å². The van der Waals surface area contributed by atoms with E-state index in [9.17, 15) is 9.59 Å². The maximum atomic E-state index is 11.8. The van der Waals surface area contributed by atoms with Gasteiger partial charge in [0.15, 0.2) is 0 Å². The van der Waals surface area contributed by atoms with E-state index < -0.39 is 0 Å². The predicted octanol–water partition coefficient (Wildman–Crippen LogP) is 2.37. The van der Waals surface area contributed by atoms with Crippen LogP contribution in [-0.4, -0.2) is 36.9 Å². The van der Waals surface area contributed by atoms with Crippen molar-refractivity contribution in [3.63, 3.8) is 0 Å². The van der Waals surface area contributed by atoms with Crippen molar-refractivity contribution in [2.45, 2.75) is 26.7 Å². The molecule has 0 fully saturated rings. The summed E-state index contributed by atoms with van der Waals surface area (Å²) in [6.07, 6.45) is 1.36. The van der Waals surface area contributed by atoms with Crippen LogP contribution in [0.25, 0.3) is 0 Å². The molecule has 0 aliphatic heterocycles. The third-order valence-corrected chi connectivity index (χ3v) is 3.71. The molecule has 0 spiro atoms. The molecule has 0 unspecified atom stereocenters. The minimum atomic E-state index is -0.104. The third kappa shape index (κ3) is 5.87. The maximum Gasteiger partial charge on any atom is 0.261 e. The monoisotopic (exact) mass is 282 g/mol. The van der Waals surface area contributed by atoms with Crippen molar-refractivity contribution in [2.24, 2.45) is 5.92 Å². The van der Waals surface area contributed by atoms with Crippen LogP contribution in [0.3, 0.4) is 0 Å². The van der Waals surface area contributed by atoms with Gasteiger partial charge in [0.25, 0.3) is 5.91 Å². The van der Waals surface area contributed by atoms with Gasteiger partial charge < -0.3 is 10.2 Å². The molecule has 106 valence electrons. The quantitative estimate of drug-likeness (QED) is 0.834. The Morgan fingerprint density at radius 3 is 2.74 bits per heavy atom. The van der Waals surface area contributed by atoms with Crippen molar-refractivity contribution in [2.75, 3.05) is 20.1 Å². The summed E-state index contributed by atoms with van der Waals surface area (Å²) in [6, 6.07) is 3.61. The Morgan fingerprint density at radius 2 is 2.16 bits per heavy atom. The van der Waals surface area contributed by atoms with Crippen LogP contribution in [0.2, 0.25) is 0 Å². The molecule has 0 saturated heterocycles. The number of rotatable bonds is 7. The largest absolute Gasteiger partial charge is 0.351 e. The summed E-state index contributed by atoms with van der Waals surface area (Å²) >= 11 is 1.40. The lowest BCUT2D eigenvalue weighted by molar-refractivity contribution is -0.129. The predicted molar refractivity (Wildman–Crippen MR) is 78.4 cm³/mol. The SMILES string of the molecule is CC(C)CCN(C)C(=O)CCNC(=O)c1cccs1. The molecular weight excluding hydrogens is 260 g/mol. The molecule has 19 heavy (non-hydrogen) atoms. The van der Waals surface area contributed by atoms with Crippen LogP contribution in [0.4, 0.5) is 0 Å². The van der Waals surface area contributed by atoms with Gasteiger partial charge in [0.2, 0.25) is 5.91 Å². The second-order valence-corrected chi connectivity index (χ2v) is 5.93. The first-order valence-corrected chi connectivity index (χ1v) is 7.44. The fourth-order valence-corrected chi connectivity index (χ4v) is 2.19. The zero-order chi connectivity index (χ0) is 14.3. The van der Waals surface area contributed by atoms with E-state index >= 15 is 0 Å². The van der Waals surface area contributed by atoms with E-state index in [1.54, 1.807) is 11.0 Å². The second-order valence-electron chi connectivity index (χ2n) is 4.98. The normalized spacial score (nSPS) is 10.5. The van der Waals surface area contributed by atoms with Gasteiger partial charge in [-0.05, 0) is 23.8 Å². The Hall–Kier alpha value is -1.36. The lowest BCUT2D eigenvalue weighted by Crippen LogP contribution is -2.32. The van der Waals surface area contributed by atoms with E-state index in [0.717, 1.165) is 13.0 Å². The molecule has 1 N–H and O–H groups in total. The van der Waals surface area contributed by atoms with Gasteiger partial charge in [0, 0.05) is 26.6 Å². The Labute approximate surface area is 118 Å². The molecule has 0 atom stereocenters. The lowest BCUT2D eigenvalue weighted by atomic mass is 10.1. The molecule has 1 heterocycles. The summed E-state index contributed by atoms with van der Waals surface area (Å²) in [5, 5.41) is 4.62. The van der Waals surface area contributed by atoms with Crippen LogP contribution < -0.4 is 5.32 Å². The molecule has 0 aromatic carbocycles. The number of hydrogen-bond acceptors (Lipinski definition) is 3. The molecule has 0 aliphatic rings. The summed E-state index contributed by atoms with van der Waals surface area (Å²) < 4.78 is 0. The molecule has 0 bridgehead atoms. The molecule has 5 heteroatoms. The first-order chi connectivity index (χ1) is 9.00. The molecule has 1 rings (SSSR count). The molecule has 4 nitrogen and oxygen atoms in total. The zero-order valence-electron chi connectivity index (χ0n) is 11.8. The highest BCUT2D eigenvalue weighted by Gasteiger charge is 2.10. The van der Waals surface area contributed by atoms with Crippen LogP contribution in [0.1, 0.15) is 36.4 Å². The van der Waals surface area contributed by atoms with Crippen LogP contribution in [0.15, 0.2) is 17.5 Å². The standard InChI is InChI=1S/C14H22N2O2S/c1-11(2)7-9-16(3)13(17)6-8-15-14(18)12-5-4-10-19-12/h4-5,10-11H,6-9H2,1-3H3,(H,15,18). The minimum Gasteiger partial charge on any atom is -0.351 e. The van der Waals surface area contributed by atoms with Gasteiger partial charge in [-0.2, -0.15) is 0 Å². The molecule has 1 aromatic heterocycles. The van der Waals surface area contributed by atoms with E-state index in [1.807, 2.05) is 18.5 Å². The van der Waals surface area contributed by atoms with Crippen LogP contribution in [0.5, 0.6) is 0 Å². The van der Waals surface area contributed by atoms with Gasteiger partial charge in [-0.15, -0.1) is 11.3 Å². The summed E-state index contributed by atoms with van der Waals surface area (Å²) in [6.45, 7) is 5.44. The lowest BCUT2D eigenvalue weighted by Gasteiger charge is -2.18. The molecule has 0 radical (unpaired) electrons. The number of hydrogen-bond donors (Lipinski definition) is 1. The van der Waals surface area contributed by atoms with Gasteiger partial charge in [-0.1, -0.05) is 19.9 Å². The fourth-order valence-electron chi connectivity index (χ4n) is 1.55. The number of nitrogens with one attached hydrogen (secondary N) is 1. The van der Waals surface area contributed by atoms with Crippen LogP contribution in [-0.2, 0) is 4.79 Å². The summed E-state index contributed by atoms with van der Waals surface area (Å²) in [5.41, 5.74) is 0. The van der Waals surface area contributed by atoms with E-state index in [0.29, 0.717) is 23.8 Å². The molecular formula is C14H22N2O2S. The number of nitrogens with zero attached hydrogens (tertiary/aromatic N) is 1. The average molecular weight is 282 g/mol. The van der Waals surface area contributed by atoms with Gasteiger partial charge in [0.1, 0.15) is 0 Å². The van der Waals surface area contributed by atoms with Crippen molar-refractivity contribution in [1.29, 1.82) is 0 Å². The van der Waals surface area contributed by atoms with Crippen molar-refractivity contribution >= 4 is 23.2 Å². The number of thiophene rings is 1. The Bertz CT molecular complexity index is 402. The molecule has 0 saturated carbocycles. The molecule has 1 aromatic rings. The highest BCUT2D eigenvalue weighted by molar-refractivity contribution is 7.12. The highest BCUT2D eigenvalue weighted by Crippen LogP contribution is 2.07. The summed E-state index contributed by atoms with van der Waals surface area (Å²) in [5.74, 6) is 0.563. The van der Waals surface area contributed by atoms with Crippen molar-refractivity contribution in [1.82, 2.24) is 10.2 Å². The van der Waals surface area contributed by atoms with Gasteiger partial charge in [-0.25, -0.2) is 0 Å². The second kappa shape index (κ2) is 7.94. The smallest absolute Gasteiger partial charge is 0.261 e. The first-order valence-electron chi connectivity index (χ1n) is 6.56. The van der Waals surface area contributed by atoms with Crippen molar-refractivity contribution in [3.8, 4) is 0 Å². The highest BCUT2D eigenvalue weighted by atomic mass is 32.1.